The van der Waals surface area contributed by atoms with Crippen molar-refractivity contribution in [1.29, 1.82) is 0 Å². The Morgan fingerprint density at radius 1 is 1.40 bits per heavy atom. The van der Waals surface area contributed by atoms with Crippen LogP contribution >= 0.6 is 0 Å². The lowest BCUT2D eigenvalue weighted by Crippen LogP contribution is -2.50. The van der Waals surface area contributed by atoms with Crippen molar-refractivity contribution >= 4 is 17.6 Å². The average Bonchev–Trinajstić information content (AvgIpc) is 2.41. The van der Waals surface area contributed by atoms with Gasteiger partial charge in [-0.3, -0.25) is 9.59 Å². The highest BCUT2D eigenvalue weighted by molar-refractivity contribution is 6.00. The first-order valence-corrected chi connectivity index (χ1v) is 6.67. The summed E-state index contributed by atoms with van der Waals surface area (Å²) in [6.07, 6.45) is 0.00598. The van der Waals surface area contributed by atoms with Crippen molar-refractivity contribution in [2.24, 2.45) is 5.41 Å². The number of rotatable bonds is 4. The van der Waals surface area contributed by atoms with E-state index in [2.05, 4.69) is 0 Å². The van der Waals surface area contributed by atoms with Crippen molar-refractivity contribution in [3.63, 3.8) is 0 Å². The highest BCUT2D eigenvalue weighted by atomic mass is 16.5. The maximum atomic E-state index is 12.4. The van der Waals surface area contributed by atoms with Crippen LogP contribution < -0.4 is 9.64 Å². The van der Waals surface area contributed by atoms with Gasteiger partial charge in [0.15, 0.2) is 6.10 Å². The van der Waals surface area contributed by atoms with E-state index in [0.29, 0.717) is 17.9 Å². The molecular weight excluding hydrogens is 258 g/mol. The number of nitrogens with zero attached hydrogens (tertiary/aromatic N) is 1. The molecule has 0 spiro atoms. The predicted molar refractivity (Wildman–Crippen MR) is 74.9 cm³/mol. The number of carboxylic acids is 1. The first-order valence-electron chi connectivity index (χ1n) is 6.67. The summed E-state index contributed by atoms with van der Waals surface area (Å²) in [5.41, 5.74) is -0.380. The van der Waals surface area contributed by atoms with E-state index in [4.69, 9.17) is 4.74 Å². The highest BCUT2D eigenvalue weighted by Gasteiger charge is 2.38. The second-order valence-corrected chi connectivity index (χ2v) is 5.60. The minimum absolute atomic E-state index is 0.123. The lowest BCUT2D eigenvalue weighted by Gasteiger charge is -2.37. The standard InChI is InChI=1S/C15H19NO4/c1-4-11-13(17)16(9-15(2,3)14(18)19)10-7-5-6-8-12(10)20-11/h5-8,11H,4,9H2,1-3H3,(H,18,19). The van der Waals surface area contributed by atoms with Crippen molar-refractivity contribution in [2.75, 3.05) is 11.4 Å². The summed E-state index contributed by atoms with van der Waals surface area (Å²) in [5.74, 6) is -0.483. The van der Waals surface area contributed by atoms with E-state index < -0.39 is 17.5 Å². The van der Waals surface area contributed by atoms with Gasteiger partial charge in [0.2, 0.25) is 0 Å². The molecule has 0 radical (unpaired) electrons. The van der Waals surface area contributed by atoms with Crippen molar-refractivity contribution in [2.45, 2.75) is 33.3 Å². The minimum atomic E-state index is -1.02. The van der Waals surface area contributed by atoms with Gasteiger partial charge in [-0.2, -0.15) is 0 Å². The SMILES string of the molecule is CCC1Oc2ccccc2N(CC(C)(C)C(=O)O)C1=O. The fraction of sp³-hybridized carbons (Fsp3) is 0.467. The second kappa shape index (κ2) is 5.15. The number of fused-ring (bicyclic) bond motifs is 1. The van der Waals surface area contributed by atoms with E-state index in [-0.39, 0.29) is 12.5 Å². The number of para-hydroxylation sites is 2. The molecule has 108 valence electrons. The molecule has 0 bridgehead atoms. The molecule has 1 unspecified atom stereocenters. The van der Waals surface area contributed by atoms with Crippen LogP contribution in [0.25, 0.3) is 0 Å². The van der Waals surface area contributed by atoms with E-state index in [1.165, 1.54) is 4.90 Å². The van der Waals surface area contributed by atoms with Crippen LogP contribution in [0, 0.1) is 5.41 Å². The molecular formula is C15H19NO4. The summed E-state index contributed by atoms with van der Waals surface area (Å²) in [6.45, 7) is 5.22. The molecule has 1 aromatic carbocycles. The van der Waals surface area contributed by atoms with Crippen LogP contribution in [0.1, 0.15) is 27.2 Å². The van der Waals surface area contributed by atoms with Crippen LogP contribution in [0.3, 0.4) is 0 Å². The van der Waals surface area contributed by atoms with Crippen LogP contribution in [0.15, 0.2) is 24.3 Å². The molecule has 1 heterocycles. The molecule has 5 nitrogen and oxygen atoms in total. The molecule has 1 atom stereocenters. The normalized spacial score (nSPS) is 18.4. The predicted octanol–water partition coefficient (Wildman–Crippen LogP) is 2.30. The van der Waals surface area contributed by atoms with Crippen LogP contribution in [0.2, 0.25) is 0 Å². The molecule has 0 fully saturated rings. The number of hydrogen-bond donors (Lipinski definition) is 1. The number of amides is 1. The van der Waals surface area contributed by atoms with Gasteiger partial charge in [-0.1, -0.05) is 19.1 Å². The lowest BCUT2D eigenvalue weighted by molar-refractivity contribution is -0.146. The Labute approximate surface area is 118 Å². The Balaban J connectivity index is 2.39. The smallest absolute Gasteiger partial charge is 0.310 e. The third kappa shape index (κ3) is 2.48. The molecule has 0 saturated carbocycles. The van der Waals surface area contributed by atoms with Gasteiger partial charge < -0.3 is 14.7 Å². The van der Waals surface area contributed by atoms with Gasteiger partial charge in [0.1, 0.15) is 5.75 Å². The Morgan fingerprint density at radius 3 is 2.65 bits per heavy atom. The molecule has 0 aromatic heterocycles. The summed E-state index contributed by atoms with van der Waals surface area (Å²) < 4.78 is 5.66. The number of carbonyl (C=O) groups is 2. The van der Waals surface area contributed by atoms with E-state index in [0.717, 1.165) is 0 Å². The number of carboxylic acid groups (broad SMARTS) is 1. The highest BCUT2D eigenvalue weighted by Crippen LogP contribution is 2.36. The quantitative estimate of drug-likeness (QED) is 0.917. The van der Waals surface area contributed by atoms with E-state index in [9.17, 15) is 14.7 Å². The van der Waals surface area contributed by atoms with Crippen LogP contribution in [-0.4, -0.2) is 29.6 Å². The largest absolute Gasteiger partial charge is 0.481 e. The Bertz CT molecular complexity index is 538. The third-order valence-electron chi connectivity index (χ3n) is 3.47. The van der Waals surface area contributed by atoms with Crippen LogP contribution in [0.5, 0.6) is 5.75 Å². The van der Waals surface area contributed by atoms with Crippen molar-refractivity contribution in [1.82, 2.24) is 0 Å². The molecule has 0 saturated heterocycles. The lowest BCUT2D eigenvalue weighted by atomic mass is 9.92. The maximum absolute atomic E-state index is 12.4. The van der Waals surface area contributed by atoms with E-state index in [1.54, 1.807) is 26.0 Å². The number of benzene rings is 1. The summed E-state index contributed by atoms with van der Waals surface area (Å²) in [5, 5.41) is 9.26. The maximum Gasteiger partial charge on any atom is 0.310 e. The Hall–Kier alpha value is -2.04. The molecule has 0 aliphatic carbocycles. The number of anilines is 1. The monoisotopic (exact) mass is 277 g/mol. The summed E-state index contributed by atoms with van der Waals surface area (Å²) in [4.78, 5) is 25.3. The fourth-order valence-electron chi connectivity index (χ4n) is 2.16. The molecule has 5 heteroatoms. The van der Waals surface area contributed by atoms with Gasteiger partial charge >= 0.3 is 5.97 Å². The van der Waals surface area contributed by atoms with Gasteiger partial charge in [0.05, 0.1) is 11.1 Å². The number of ether oxygens (including phenoxy) is 1. The van der Waals surface area contributed by atoms with Gasteiger partial charge in [-0.15, -0.1) is 0 Å². The zero-order chi connectivity index (χ0) is 14.9. The van der Waals surface area contributed by atoms with Gasteiger partial charge in [-0.25, -0.2) is 0 Å². The fourth-order valence-corrected chi connectivity index (χ4v) is 2.16. The number of aliphatic carboxylic acids is 1. The topological polar surface area (TPSA) is 66.8 Å². The van der Waals surface area contributed by atoms with Crippen molar-refractivity contribution in [3.8, 4) is 5.75 Å². The van der Waals surface area contributed by atoms with E-state index in [1.807, 2.05) is 19.1 Å². The number of hydrogen-bond acceptors (Lipinski definition) is 3. The van der Waals surface area contributed by atoms with Crippen LogP contribution in [0.4, 0.5) is 5.69 Å². The van der Waals surface area contributed by atoms with Crippen molar-refractivity contribution < 1.29 is 19.4 Å². The molecule has 2 rings (SSSR count). The molecule has 1 aliphatic rings. The summed E-state index contributed by atoms with van der Waals surface area (Å²) in [6, 6.07) is 7.21. The molecule has 1 N–H and O–H groups in total. The molecule has 1 aromatic rings. The Morgan fingerprint density at radius 2 is 2.05 bits per heavy atom. The average molecular weight is 277 g/mol. The van der Waals surface area contributed by atoms with Gasteiger partial charge in [0, 0.05) is 6.54 Å². The zero-order valence-electron chi connectivity index (χ0n) is 11.9. The van der Waals surface area contributed by atoms with Crippen molar-refractivity contribution in [3.05, 3.63) is 24.3 Å². The zero-order valence-corrected chi connectivity index (χ0v) is 11.9. The minimum Gasteiger partial charge on any atom is -0.481 e. The molecule has 20 heavy (non-hydrogen) atoms. The van der Waals surface area contributed by atoms with Crippen LogP contribution in [-0.2, 0) is 9.59 Å². The number of carbonyl (C=O) groups excluding carboxylic acids is 1. The first-order chi connectivity index (χ1) is 9.36. The second-order valence-electron chi connectivity index (χ2n) is 5.60. The van der Waals surface area contributed by atoms with Gasteiger partial charge in [-0.05, 0) is 32.4 Å². The summed E-state index contributed by atoms with van der Waals surface area (Å²) in [7, 11) is 0. The third-order valence-corrected chi connectivity index (χ3v) is 3.47. The molecule has 1 amide bonds. The van der Waals surface area contributed by atoms with E-state index >= 15 is 0 Å². The Kier molecular flexibility index (Phi) is 3.70. The first kappa shape index (κ1) is 14.4. The molecule has 1 aliphatic heterocycles. The summed E-state index contributed by atoms with van der Waals surface area (Å²) >= 11 is 0. The van der Waals surface area contributed by atoms with Gasteiger partial charge in [0.25, 0.3) is 5.91 Å².